The maximum atomic E-state index is 6.41. The summed E-state index contributed by atoms with van der Waals surface area (Å²) < 4.78 is 0. The van der Waals surface area contributed by atoms with Crippen molar-refractivity contribution in [3.8, 4) is 11.4 Å². The molecule has 112 valence electrons. The van der Waals surface area contributed by atoms with Gasteiger partial charge in [-0.15, -0.1) is 0 Å². The predicted molar refractivity (Wildman–Crippen MR) is 89.9 cm³/mol. The molecule has 2 rings (SSSR count). The van der Waals surface area contributed by atoms with E-state index in [0.29, 0.717) is 5.82 Å². The number of rotatable bonds is 1. The van der Waals surface area contributed by atoms with E-state index in [9.17, 15) is 0 Å². The Morgan fingerprint density at radius 2 is 1.43 bits per heavy atom. The molecule has 3 heteroatoms. The van der Waals surface area contributed by atoms with Crippen LogP contribution in [0.15, 0.2) is 30.6 Å². The van der Waals surface area contributed by atoms with Gasteiger partial charge in [-0.05, 0) is 28.0 Å². The van der Waals surface area contributed by atoms with Crippen molar-refractivity contribution in [1.82, 2.24) is 9.97 Å². The minimum absolute atomic E-state index is 0.0343. The highest BCUT2D eigenvalue weighted by molar-refractivity contribution is 6.31. The summed E-state index contributed by atoms with van der Waals surface area (Å²) in [6.45, 7) is 12.9. The standard InChI is InChI=1S/C18H23ClN2/c1-17(2,3)13-10-20-16(21-11-13)12-7-8-14(15(19)9-12)18(4,5)6/h7-11H,1-6H3. The van der Waals surface area contributed by atoms with Crippen LogP contribution >= 0.6 is 11.6 Å². The van der Waals surface area contributed by atoms with Crippen LogP contribution in [-0.4, -0.2) is 9.97 Å². The zero-order valence-electron chi connectivity index (χ0n) is 13.7. The number of benzene rings is 1. The largest absolute Gasteiger partial charge is 0.236 e. The lowest BCUT2D eigenvalue weighted by molar-refractivity contribution is 0.584. The molecule has 0 spiro atoms. The predicted octanol–water partition coefficient (Wildman–Crippen LogP) is 5.39. The van der Waals surface area contributed by atoms with E-state index < -0.39 is 0 Å². The lowest BCUT2D eigenvalue weighted by Crippen LogP contribution is -2.12. The Bertz CT molecular complexity index is 632. The summed E-state index contributed by atoms with van der Waals surface area (Å²) in [5.74, 6) is 0.713. The van der Waals surface area contributed by atoms with Gasteiger partial charge in [-0.1, -0.05) is 65.3 Å². The maximum absolute atomic E-state index is 6.41. The fourth-order valence-corrected chi connectivity index (χ4v) is 2.59. The molecule has 0 atom stereocenters. The van der Waals surface area contributed by atoms with E-state index in [2.05, 4.69) is 57.6 Å². The Labute approximate surface area is 132 Å². The van der Waals surface area contributed by atoms with Gasteiger partial charge in [-0.2, -0.15) is 0 Å². The van der Waals surface area contributed by atoms with Crippen molar-refractivity contribution < 1.29 is 0 Å². The van der Waals surface area contributed by atoms with Crippen LogP contribution in [0, 0.1) is 0 Å². The molecule has 21 heavy (non-hydrogen) atoms. The van der Waals surface area contributed by atoms with Crippen molar-refractivity contribution in [1.29, 1.82) is 0 Å². The summed E-state index contributed by atoms with van der Waals surface area (Å²) in [6.07, 6.45) is 3.79. The zero-order valence-corrected chi connectivity index (χ0v) is 14.4. The summed E-state index contributed by atoms with van der Waals surface area (Å²) in [6, 6.07) is 6.06. The quantitative estimate of drug-likeness (QED) is 0.705. The molecule has 2 aromatic rings. The SMILES string of the molecule is CC(C)(C)c1cnc(-c2ccc(C(C)(C)C)c(Cl)c2)nc1. The van der Waals surface area contributed by atoms with Crippen LogP contribution in [0.2, 0.25) is 5.02 Å². The molecule has 0 aliphatic heterocycles. The average molecular weight is 303 g/mol. The maximum Gasteiger partial charge on any atom is 0.159 e. The van der Waals surface area contributed by atoms with Crippen molar-refractivity contribution in [3.63, 3.8) is 0 Å². The Morgan fingerprint density at radius 1 is 0.857 bits per heavy atom. The van der Waals surface area contributed by atoms with Gasteiger partial charge in [0.15, 0.2) is 5.82 Å². The lowest BCUT2D eigenvalue weighted by atomic mass is 9.86. The monoisotopic (exact) mass is 302 g/mol. The number of hydrogen-bond donors (Lipinski definition) is 0. The van der Waals surface area contributed by atoms with Crippen LogP contribution in [0.25, 0.3) is 11.4 Å². The van der Waals surface area contributed by atoms with Gasteiger partial charge in [0, 0.05) is 23.0 Å². The molecule has 0 bridgehead atoms. The molecule has 0 amide bonds. The van der Waals surface area contributed by atoms with Gasteiger partial charge in [0.1, 0.15) is 0 Å². The fourth-order valence-electron chi connectivity index (χ4n) is 2.13. The van der Waals surface area contributed by atoms with E-state index in [1.807, 2.05) is 24.5 Å². The second kappa shape index (κ2) is 5.42. The molecule has 1 heterocycles. The molecule has 0 saturated carbocycles. The van der Waals surface area contributed by atoms with E-state index >= 15 is 0 Å². The van der Waals surface area contributed by atoms with Gasteiger partial charge >= 0.3 is 0 Å². The van der Waals surface area contributed by atoms with Gasteiger partial charge in [-0.3, -0.25) is 0 Å². The average Bonchev–Trinajstić information content (AvgIpc) is 2.36. The van der Waals surface area contributed by atoms with Gasteiger partial charge in [0.25, 0.3) is 0 Å². The topological polar surface area (TPSA) is 25.8 Å². The molecule has 0 fully saturated rings. The molecule has 0 unspecified atom stereocenters. The summed E-state index contributed by atoms with van der Waals surface area (Å²) >= 11 is 6.41. The Balaban J connectivity index is 2.37. The van der Waals surface area contributed by atoms with E-state index in [1.54, 1.807) is 0 Å². The summed E-state index contributed by atoms with van der Waals surface area (Å²) in [4.78, 5) is 8.96. The van der Waals surface area contributed by atoms with E-state index in [0.717, 1.165) is 21.7 Å². The van der Waals surface area contributed by atoms with E-state index in [1.165, 1.54) is 0 Å². The minimum atomic E-state index is 0.0343. The van der Waals surface area contributed by atoms with Crippen LogP contribution in [-0.2, 0) is 10.8 Å². The summed E-state index contributed by atoms with van der Waals surface area (Å²) in [5, 5.41) is 0.767. The third-order valence-electron chi connectivity index (χ3n) is 3.55. The van der Waals surface area contributed by atoms with E-state index in [-0.39, 0.29) is 10.8 Å². The normalized spacial score (nSPS) is 12.5. The fraction of sp³-hybridized carbons (Fsp3) is 0.444. The first-order chi connectivity index (χ1) is 9.59. The highest BCUT2D eigenvalue weighted by Crippen LogP contribution is 2.32. The first kappa shape index (κ1) is 16.0. The summed E-state index contributed by atoms with van der Waals surface area (Å²) in [5.41, 5.74) is 3.31. The van der Waals surface area contributed by atoms with Crippen molar-refractivity contribution in [3.05, 3.63) is 46.7 Å². The third-order valence-corrected chi connectivity index (χ3v) is 3.87. The Morgan fingerprint density at radius 3 is 1.86 bits per heavy atom. The number of hydrogen-bond acceptors (Lipinski definition) is 2. The first-order valence-electron chi connectivity index (χ1n) is 7.22. The third kappa shape index (κ3) is 3.62. The molecule has 0 saturated heterocycles. The highest BCUT2D eigenvalue weighted by Gasteiger charge is 2.18. The van der Waals surface area contributed by atoms with Crippen LogP contribution in [0.4, 0.5) is 0 Å². The lowest BCUT2D eigenvalue weighted by Gasteiger charge is -2.21. The van der Waals surface area contributed by atoms with Gasteiger partial charge in [-0.25, -0.2) is 9.97 Å². The smallest absolute Gasteiger partial charge is 0.159 e. The molecule has 2 nitrogen and oxygen atoms in total. The van der Waals surface area contributed by atoms with Crippen LogP contribution in [0.5, 0.6) is 0 Å². The van der Waals surface area contributed by atoms with Gasteiger partial charge in [0.05, 0.1) is 0 Å². The molecule has 1 aromatic heterocycles. The summed E-state index contributed by atoms with van der Waals surface area (Å²) in [7, 11) is 0. The minimum Gasteiger partial charge on any atom is -0.236 e. The Kier molecular flexibility index (Phi) is 4.12. The molecule has 0 N–H and O–H groups in total. The highest BCUT2D eigenvalue weighted by atomic mass is 35.5. The second-order valence-electron chi connectivity index (χ2n) is 7.49. The first-order valence-corrected chi connectivity index (χ1v) is 7.60. The van der Waals surface area contributed by atoms with Crippen molar-refractivity contribution >= 4 is 11.6 Å². The molecular formula is C18H23ClN2. The van der Waals surface area contributed by atoms with Crippen molar-refractivity contribution in [2.75, 3.05) is 0 Å². The Hall–Kier alpha value is -1.41. The number of nitrogens with zero attached hydrogens (tertiary/aromatic N) is 2. The van der Waals surface area contributed by atoms with Crippen LogP contribution in [0.3, 0.4) is 0 Å². The number of halogens is 1. The van der Waals surface area contributed by atoms with Crippen molar-refractivity contribution in [2.24, 2.45) is 0 Å². The van der Waals surface area contributed by atoms with Gasteiger partial charge in [0.2, 0.25) is 0 Å². The van der Waals surface area contributed by atoms with Crippen molar-refractivity contribution in [2.45, 2.75) is 52.4 Å². The molecule has 1 aromatic carbocycles. The van der Waals surface area contributed by atoms with E-state index in [4.69, 9.17) is 11.6 Å². The molecule has 0 aliphatic carbocycles. The van der Waals surface area contributed by atoms with Gasteiger partial charge < -0.3 is 0 Å². The van der Waals surface area contributed by atoms with Crippen LogP contribution < -0.4 is 0 Å². The molecule has 0 radical (unpaired) electrons. The van der Waals surface area contributed by atoms with Crippen LogP contribution in [0.1, 0.15) is 52.7 Å². The zero-order chi connectivity index (χ0) is 15.8. The second-order valence-corrected chi connectivity index (χ2v) is 7.90. The molecular weight excluding hydrogens is 280 g/mol. The molecule has 0 aliphatic rings. The number of aromatic nitrogens is 2.